The molecule has 0 bridgehead atoms. The molecule has 0 saturated heterocycles. The van der Waals surface area contributed by atoms with Gasteiger partial charge in [0, 0.05) is 11.1 Å². The fourth-order valence-corrected chi connectivity index (χ4v) is 6.49. The van der Waals surface area contributed by atoms with Gasteiger partial charge < -0.3 is 20.3 Å². The Bertz CT molecular complexity index is 1860. The lowest BCUT2D eigenvalue weighted by molar-refractivity contribution is 0.0696. The molecule has 0 aliphatic heterocycles. The second-order valence-electron chi connectivity index (χ2n) is 10.6. The van der Waals surface area contributed by atoms with Crippen LogP contribution in [-0.4, -0.2) is 37.2 Å². The molecule has 0 aliphatic rings. The topological polar surface area (TPSA) is 113 Å². The molecule has 0 amide bonds. The first-order valence-corrected chi connectivity index (χ1v) is 16.2. The van der Waals surface area contributed by atoms with Crippen LogP contribution in [0.4, 0.5) is 0 Å². The molecule has 0 fully saturated rings. The van der Waals surface area contributed by atoms with Gasteiger partial charge in [0.2, 0.25) is 9.84 Å². The highest BCUT2D eigenvalue weighted by molar-refractivity contribution is 7.91. The molecule has 7 nitrogen and oxygen atoms in total. The van der Waals surface area contributed by atoms with Crippen LogP contribution in [0.15, 0.2) is 137 Å². The number of carbonyl (C=O) groups is 1. The van der Waals surface area contributed by atoms with E-state index in [1.54, 1.807) is 60.7 Å². The summed E-state index contributed by atoms with van der Waals surface area (Å²) in [5, 5.41) is 24.5. The SMILES string of the molecule is O=C(O)c1cccc(Oc2cccc(S(=O)(=O)c3ccc(CCNC(Cc4ccccc4)[C@H](O)c4cccc(Cl)c4)cc3)c2)c1. The molecule has 2 atom stereocenters. The molecule has 0 heterocycles. The number of sulfone groups is 1. The average molecular weight is 642 g/mol. The van der Waals surface area contributed by atoms with E-state index in [4.69, 9.17) is 16.3 Å². The predicted octanol–water partition coefficient (Wildman–Crippen LogP) is 7.14. The molecule has 9 heteroatoms. The Hall–Kier alpha value is -4.47. The summed E-state index contributed by atoms with van der Waals surface area (Å²) >= 11 is 6.18. The highest BCUT2D eigenvalue weighted by Gasteiger charge is 2.22. The van der Waals surface area contributed by atoms with Crippen LogP contribution in [0.25, 0.3) is 0 Å². The molecule has 0 aromatic heterocycles. The van der Waals surface area contributed by atoms with Gasteiger partial charge in [-0.2, -0.15) is 0 Å². The van der Waals surface area contributed by atoms with Crippen molar-refractivity contribution >= 4 is 27.4 Å². The number of aliphatic hydroxyl groups excluding tert-OH is 1. The maximum Gasteiger partial charge on any atom is 0.335 e. The van der Waals surface area contributed by atoms with Crippen molar-refractivity contribution in [1.82, 2.24) is 5.32 Å². The first kappa shape index (κ1) is 31.9. The number of carboxylic acids is 1. The van der Waals surface area contributed by atoms with Gasteiger partial charge in [0.15, 0.2) is 0 Å². The Balaban J connectivity index is 1.25. The molecule has 0 saturated carbocycles. The fourth-order valence-electron chi connectivity index (χ4n) is 4.99. The molecule has 5 aromatic carbocycles. The molecule has 0 aliphatic carbocycles. The Labute approximate surface area is 267 Å². The van der Waals surface area contributed by atoms with Gasteiger partial charge >= 0.3 is 5.97 Å². The van der Waals surface area contributed by atoms with Crippen molar-refractivity contribution in [1.29, 1.82) is 0 Å². The second-order valence-corrected chi connectivity index (χ2v) is 12.9. The zero-order chi connectivity index (χ0) is 31.8. The third-order valence-corrected chi connectivity index (χ3v) is 9.36. The number of benzene rings is 5. The molecule has 3 N–H and O–H groups in total. The average Bonchev–Trinajstić information content (AvgIpc) is 3.05. The molecular formula is C36H32ClNO6S. The van der Waals surface area contributed by atoms with Gasteiger partial charge in [-0.1, -0.05) is 78.3 Å². The van der Waals surface area contributed by atoms with E-state index in [1.807, 2.05) is 42.5 Å². The zero-order valence-corrected chi connectivity index (χ0v) is 25.8. The van der Waals surface area contributed by atoms with Crippen molar-refractivity contribution in [2.24, 2.45) is 0 Å². The zero-order valence-electron chi connectivity index (χ0n) is 24.2. The van der Waals surface area contributed by atoms with E-state index in [0.717, 1.165) is 16.7 Å². The fraction of sp³-hybridized carbons (Fsp3) is 0.139. The van der Waals surface area contributed by atoms with E-state index < -0.39 is 21.9 Å². The molecule has 5 aromatic rings. The lowest BCUT2D eigenvalue weighted by Gasteiger charge is -2.25. The number of carboxylic acid groups (broad SMARTS) is 1. The molecule has 0 radical (unpaired) electrons. The van der Waals surface area contributed by atoms with Gasteiger partial charge in [-0.25, -0.2) is 13.2 Å². The highest BCUT2D eigenvalue weighted by Crippen LogP contribution is 2.28. The van der Waals surface area contributed by atoms with Crippen molar-refractivity contribution in [3.05, 3.63) is 155 Å². The molecule has 45 heavy (non-hydrogen) atoms. The van der Waals surface area contributed by atoms with E-state index in [9.17, 15) is 23.4 Å². The van der Waals surface area contributed by atoms with E-state index >= 15 is 0 Å². The minimum atomic E-state index is -3.84. The number of nitrogens with one attached hydrogen (secondary N) is 1. The summed E-state index contributed by atoms with van der Waals surface area (Å²) < 4.78 is 32.6. The Morgan fingerprint density at radius 3 is 2.16 bits per heavy atom. The van der Waals surface area contributed by atoms with Gasteiger partial charge in [0.25, 0.3) is 0 Å². The summed E-state index contributed by atoms with van der Waals surface area (Å²) in [6.07, 6.45) is 0.448. The first-order valence-electron chi connectivity index (χ1n) is 14.4. The predicted molar refractivity (Wildman–Crippen MR) is 174 cm³/mol. The second kappa shape index (κ2) is 14.5. The summed E-state index contributed by atoms with van der Waals surface area (Å²) in [7, 11) is -3.84. The summed E-state index contributed by atoms with van der Waals surface area (Å²) in [4.78, 5) is 11.5. The quantitative estimate of drug-likeness (QED) is 0.125. The van der Waals surface area contributed by atoms with E-state index in [-0.39, 0.29) is 32.9 Å². The van der Waals surface area contributed by atoms with Gasteiger partial charge in [-0.05, 0) is 96.7 Å². The van der Waals surface area contributed by atoms with Crippen LogP contribution >= 0.6 is 11.6 Å². The van der Waals surface area contributed by atoms with Crippen LogP contribution in [0.2, 0.25) is 5.02 Å². The molecule has 230 valence electrons. The summed E-state index contributed by atoms with van der Waals surface area (Å²) in [6.45, 7) is 0.559. The highest BCUT2D eigenvalue weighted by atomic mass is 35.5. The lowest BCUT2D eigenvalue weighted by atomic mass is 9.96. The van der Waals surface area contributed by atoms with Crippen LogP contribution < -0.4 is 10.1 Å². The van der Waals surface area contributed by atoms with Gasteiger partial charge in [0.05, 0.1) is 21.5 Å². The first-order chi connectivity index (χ1) is 21.7. The van der Waals surface area contributed by atoms with Crippen molar-refractivity contribution < 1.29 is 28.2 Å². The van der Waals surface area contributed by atoms with E-state index in [0.29, 0.717) is 24.4 Å². The van der Waals surface area contributed by atoms with Crippen molar-refractivity contribution in [3.63, 3.8) is 0 Å². The van der Waals surface area contributed by atoms with E-state index in [2.05, 4.69) is 5.32 Å². The number of aliphatic hydroxyl groups is 1. The van der Waals surface area contributed by atoms with Gasteiger partial charge in [0.1, 0.15) is 11.5 Å². The number of hydrogen-bond acceptors (Lipinski definition) is 6. The van der Waals surface area contributed by atoms with Crippen molar-refractivity contribution in [3.8, 4) is 11.5 Å². The summed E-state index contributed by atoms with van der Waals surface area (Å²) in [5.41, 5.74) is 2.82. The van der Waals surface area contributed by atoms with Crippen LogP contribution in [0.5, 0.6) is 11.5 Å². The van der Waals surface area contributed by atoms with Gasteiger partial charge in [-0.15, -0.1) is 0 Å². The van der Waals surface area contributed by atoms with Crippen LogP contribution in [0, 0.1) is 0 Å². The maximum atomic E-state index is 13.4. The smallest absolute Gasteiger partial charge is 0.335 e. The van der Waals surface area contributed by atoms with Crippen LogP contribution in [0.3, 0.4) is 0 Å². The number of hydrogen-bond donors (Lipinski definition) is 3. The summed E-state index contributed by atoms with van der Waals surface area (Å²) in [6, 6.07) is 35.7. The Morgan fingerprint density at radius 2 is 1.44 bits per heavy atom. The largest absolute Gasteiger partial charge is 0.478 e. The molecule has 5 rings (SSSR count). The van der Waals surface area contributed by atoms with E-state index in [1.165, 1.54) is 24.3 Å². The molecular weight excluding hydrogens is 610 g/mol. The minimum Gasteiger partial charge on any atom is -0.478 e. The number of ether oxygens (including phenoxy) is 1. The Morgan fingerprint density at radius 1 is 0.756 bits per heavy atom. The number of halogens is 1. The third-order valence-electron chi connectivity index (χ3n) is 7.36. The third kappa shape index (κ3) is 8.38. The van der Waals surface area contributed by atoms with Gasteiger partial charge in [-0.3, -0.25) is 0 Å². The standard InChI is InChI=1S/C36H32ClNO6S/c37-29-11-4-9-27(22-29)35(39)34(21-26-7-2-1-3-8-26)38-20-19-25-15-17-32(18-16-25)45(42,43)33-14-6-13-31(24-33)44-30-12-5-10-28(23-30)36(40)41/h1-18,22-24,34-35,38-39H,19-21H2,(H,40,41)/t34?,35-/m1/s1. The Kier molecular flexibility index (Phi) is 10.3. The molecule has 1 unspecified atom stereocenters. The van der Waals surface area contributed by atoms with Crippen LogP contribution in [0.1, 0.15) is 33.2 Å². The van der Waals surface area contributed by atoms with Crippen LogP contribution in [-0.2, 0) is 22.7 Å². The van der Waals surface area contributed by atoms with Crippen molar-refractivity contribution in [2.75, 3.05) is 6.54 Å². The normalized spacial score (nSPS) is 12.8. The monoisotopic (exact) mass is 641 g/mol. The number of aromatic carboxylic acids is 1. The lowest BCUT2D eigenvalue weighted by Crippen LogP contribution is -2.38. The minimum absolute atomic E-state index is 0.0579. The molecule has 0 spiro atoms. The number of rotatable bonds is 13. The maximum absolute atomic E-state index is 13.4. The van der Waals surface area contributed by atoms with Crippen molar-refractivity contribution in [2.45, 2.75) is 34.8 Å². The summed E-state index contributed by atoms with van der Waals surface area (Å²) in [5.74, 6) is -0.530.